The summed E-state index contributed by atoms with van der Waals surface area (Å²) in [6.45, 7) is 0.880. The fourth-order valence-electron chi connectivity index (χ4n) is 2.67. The number of hydrogen-bond acceptors (Lipinski definition) is 4. The highest BCUT2D eigenvalue weighted by molar-refractivity contribution is 14.0. The highest BCUT2D eigenvalue weighted by Gasteiger charge is 2.16. The Morgan fingerprint density at radius 2 is 2.19 bits per heavy atom. The normalized spacial score (nSPS) is 13.2. The van der Waals surface area contributed by atoms with Gasteiger partial charge in [0, 0.05) is 17.8 Å². The van der Waals surface area contributed by atoms with E-state index in [-0.39, 0.29) is 42.5 Å². The van der Waals surface area contributed by atoms with Crippen LogP contribution in [0.5, 0.6) is 11.5 Å². The zero-order valence-electron chi connectivity index (χ0n) is 14.6. The van der Waals surface area contributed by atoms with Crippen molar-refractivity contribution in [1.29, 1.82) is 0 Å². The molecule has 3 N–H and O–H groups in total. The molecular formula is C18H20ClFIN3O3. The average molecular weight is 508 g/mol. The maximum Gasteiger partial charge on any atom is 0.193 e. The van der Waals surface area contributed by atoms with Gasteiger partial charge in [0.15, 0.2) is 12.8 Å². The van der Waals surface area contributed by atoms with E-state index in [0.29, 0.717) is 47.3 Å². The van der Waals surface area contributed by atoms with E-state index >= 15 is 0 Å². The van der Waals surface area contributed by atoms with Crippen molar-refractivity contribution in [2.24, 2.45) is 10.7 Å². The molecule has 27 heavy (non-hydrogen) atoms. The second kappa shape index (κ2) is 9.95. The first-order valence-corrected chi connectivity index (χ1v) is 8.37. The lowest BCUT2D eigenvalue weighted by atomic mass is 10.1. The summed E-state index contributed by atoms with van der Waals surface area (Å²) >= 11 is 6.07. The Bertz CT molecular complexity index is 836. The number of nitrogens with zero attached hydrogens (tertiary/aromatic N) is 1. The lowest BCUT2D eigenvalue weighted by Crippen LogP contribution is -2.23. The van der Waals surface area contributed by atoms with E-state index in [4.69, 9.17) is 31.5 Å². The molecular weight excluding hydrogens is 488 g/mol. The molecule has 0 aromatic heterocycles. The van der Waals surface area contributed by atoms with Gasteiger partial charge in [-0.3, -0.25) is 4.99 Å². The molecule has 0 spiro atoms. The first-order chi connectivity index (χ1) is 12.6. The number of aliphatic imine (C=N–C) groups is 1. The highest BCUT2D eigenvalue weighted by Crippen LogP contribution is 2.30. The van der Waals surface area contributed by atoms with Gasteiger partial charge in [0.25, 0.3) is 0 Å². The minimum Gasteiger partial charge on any atom is -0.495 e. The van der Waals surface area contributed by atoms with Crippen molar-refractivity contribution >= 4 is 47.2 Å². The summed E-state index contributed by atoms with van der Waals surface area (Å²) < 4.78 is 29.5. The van der Waals surface area contributed by atoms with Crippen LogP contribution in [-0.2, 0) is 17.8 Å². The molecule has 3 rings (SSSR count). The van der Waals surface area contributed by atoms with Gasteiger partial charge in [0.2, 0.25) is 0 Å². The second-order valence-electron chi connectivity index (χ2n) is 5.66. The van der Waals surface area contributed by atoms with Crippen molar-refractivity contribution in [2.45, 2.75) is 13.0 Å². The minimum atomic E-state index is -0.323. The van der Waals surface area contributed by atoms with Crippen LogP contribution in [0.1, 0.15) is 11.1 Å². The quantitative estimate of drug-likeness (QED) is 0.364. The van der Waals surface area contributed by atoms with Gasteiger partial charge in [-0.2, -0.15) is 0 Å². The Kier molecular flexibility index (Phi) is 7.93. The molecule has 0 aliphatic carbocycles. The molecule has 2 aromatic rings. The van der Waals surface area contributed by atoms with Crippen molar-refractivity contribution in [3.63, 3.8) is 0 Å². The van der Waals surface area contributed by atoms with E-state index in [0.717, 1.165) is 5.56 Å². The number of benzene rings is 2. The van der Waals surface area contributed by atoms with E-state index in [9.17, 15) is 4.39 Å². The molecule has 2 aromatic carbocycles. The van der Waals surface area contributed by atoms with Gasteiger partial charge in [-0.05, 0) is 42.3 Å². The standard InChI is InChI=1S/C18H19ClFN3O3.HI/c1-24-16-3-2-14(8-15(16)19)23-18(21)22-5-4-11-6-13(20)7-12-9-25-10-26-17(11)12;/h2-3,6-8H,4-5,9-10H2,1H3,(H3,21,22,23);1H. The molecule has 0 bridgehead atoms. The number of nitrogens with two attached hydrogens (primary N) is 1. The SMILES string of the molecule is COc1ccc(NC(N)=NCCc2cc(F)cc3c2OCOC3)cc1Cl.I. The smallest absolute Gasteiger partial charge is 0.193 e. The molecule has 1 aliphatic rings. The third-order valence-electron chi connectivity index (χ3n) is 3.84. The lowest BCUT2D eigenvalue weighted by molar-refractivity contribution is -0.0172. The van der Waals surface area contributed by atoms with Crippen LogP contribution in [0, 0.1) is 5.82 Å². The molecule has 1 heterocycles. The monoisotopic (exact) mass is 507 g/mol. The number of nitrogens with one attached hydrogen (secondary N) is 1. The number of guanidine groups is 1. The van der Waals surface area contributed by atoms with Crippen LogP contribution in [-0.4, -0.2) is 26.4 Å². The molecule has 6 nitrogen and oxygen atoms in total. The van der Waals surface area contributed by atoms with Crippen LogP contribution in [0.3, 0.4) is 0 Å². The van der Waals surface area contributed by atoms with Gasteiger partial charge >= 0.3 is 0 Å². The molecule has 146 valence electrons. The Morgan fingerprint density at radius 1 is 1.37 bits per heavy atom. The van der Waals surface area contributed by atoms with E-state index in [1.807, 2.05) is 0 Å². The summed E-state index contributed by atoms with van der Waals surface area (Å²) in [5.74, 6) is 1.16. The van der Waals surface area contributed by atoms with Gasteiger partial charge in [0.05, 0.1) is 18.7 Å². The van der Waals surface area contributed by atoms with Crippen molar-refractivity contribution in [3.05, 3.63) is 52.3 Å². The Balaban J connectivity index is 0.00000261. The number of methoxy groups -OCH3 is 1. The topological polar surface area (TPSA) is 78.1 Å². The number of halogens is 3. The van der Waals surface area contributed by atoms with E-state index in [1.165, 1.54) is 12.1 Å². The Hall–Kier alpha value is -1.78. The summed E-state index contributed by atoms with van der Waals surface area (Å²) in [6, 6.07) is 8.08. The molecule has 0 fully saturated rings. The maximum atomic E-state index is 13.7. The van der Waals surface area contributed by atoms with Gasteiger partial charge < -0.3 is 25.3 Å². The Morgan fingerprint density at radius 3 is 2.93 bits per heavy atom. The number of ether oxygens (including phenoxy) is 3. The van der Waals surface area contributed by atoms with Gasteiger partial charge in [-0.15, -0.1) is 24.0 Å². The van der Waals surface area contributed by atoms with Crippen LogP contribution in [0.4, 0.5) is 10.1 Å². The summed E-state index contributed by atoms with van der Waals surface area (Å²) in [4.78, 5) is 4.27. The maximum absolute atomic E-state index is 13.7. The fourth-order valence-corrected chi connectivity index (χ4v) is 2.93. The molecule has 9 heteroatoms. The van der Waals surface area contributed by atoms with Crippen molar-refractivity contribution in [2.75, 3.05) is 25.8 Å². The van der Waals surface area contributed by atoms with Gasteiger partial charge in [-0.25, -0.2) is 4.39 Å². The van der Waals surface area contributed by atoms with Crippen LogP contribution >= 0.6 is 35.6 Å². The largest absolute Gasteiger partial charge is 0.495 e. The van der Waals surface area contributed by atoms with Crippen LogP contribution in [0.2, 0.25) is 5.02 Å². The molecule has 1 aliphatic heterocycles. The summed E-state index contributed by atoms with van der Waals surface area (Å²) in [7, 11) is 1.55. The van der Waals surface area contributed by atoms with E-state index in [2.05, 4.69) is 10.3 Å². The average Bonchev–Trinajstić information content (AvgIpc) is 2.61. The Labute approximate surface area is 178 Å². The zero-order chi connectivity index (χ0) is 18.5. The molecule has 0 radical (unpaired) electrons. The number of anilines is 1. The fraction of sp³-hybridized carbons (Fsp3) is 0.278. The number of hydrogen-bond donors (Lipinski definition) is 2. The van der Waals surface area contributed by atoms with Crippen molar-refractivity contribution < 1.29 is 18.6 Å². The zero-order valence-corrected chi connectivity index (χ0v) is 17.7. The molecule has 0 saturated heterocycles. The molecule has 0 atom stereocenters. The highest BCUT2D eigenvalue weighted by atomic mass is 127. The summed E-state index contributed by atoms with van der Waals surface area (Å²) in [5, 5.41) is 3.43. The van der Waals surface area contributed by atoms with E-state index in [1.54, 1.807) is 25.3 Å². The predicted molar refractivity (Wildman–Crippen MR) is 114 cm³/mol. The molecule has 0 unspecified atom stereocenters. The lowest BCUT2D eigenvalue weighted by Gasteiger charge is -2.20. The van der Waals surface area contributed by atoms with Gasteiger partial charge in [-0.1, -0.05) is 11.6 Å². The minimum absolute atomic E-state index is 0. The van der Waals surface area contributed by atoms with Crippen LogP contribution < -0.4 is 20.5 Å². The second-order valence-corrected chi connectivity index (χ2v) is 6.06. The summed E-state index contributed by atoms with van der Waals surface area (Å²) in [6.07, 6.45) is 0.492. The first-order valence-electron chi connectivity index (χ1n) is 7.99. The third kappa shape index (κ3) is 5.60. The van der Waals surface area contributed by atoms with Gasteiger partial charge in [0.1, 0.15) is 17.3 Å². The molecule has 0 amide bonds. The van der Waals surface area contributed by atoms with Crippen molar-refractivity contribution in [1.82, 2.24) is 0 Å². The van der Waals surface area contributed by atoms with Crippen molar-refractivity contribution in [3.8, 4) is 11.5 Å². The van der Waals surface area contributed by atoms with Crippen LogP contribution in [0.25, 0.3) is 0 Å². The first kappa shape index (κ1) is 21.5. The number of fused-ring (bicyclic) bond motifs is 1. The number of rotatable bonds is 5. The summed E-state index contributed by atoms with van der Waals surface area (Å²) in [5.41, 5.74) is 8.04. The van der Waals surface area contributed by atoms with E-state index < -0.39 is 0 Å². The third-order valence-corrected chi connectivity index (χ3v) is 4.13. The van der Waals surface area contributed by atoms with Crippen LogP contribution in [0.15, 0.2) is 35.3 Å². The predicted octanol–water partition coefficient (Wildman–Crippen LogP) is 3.94. The molecule has 0 saturated carbocycles.